The van der Waals surface area contributed by atoms with Crippen molar-refractivity contribution in [1.29, 1.82) is 0 Å². The maximum atomic E-state index is 11.8. The average Bonchev–Trinajstić information content (AvgIpc) is 2.17. The SMILES string of the molecule is CC(C)(C)OC(=O)C(CO)N1CCNCC1. The zero-order valence-corrected chi connectivity index (χ0v) is 10.3. The topological polar surface area (TPSA) is 61.8 Å². The first kappa shape index (κ1) is 13.4. The summed E-state index contributed by atoms with van der Waals surface area (Å²) < 4.78 is 5.28. The number of aliphatic hydroxyl groups excluding tert-OH is 1. The molecule has 1 aliphatic heterocycles. The minimum absolute atomic E-state index is 0.186. The largest absolute Gasteiger partial charge is 0.459 e. The summed E-state index contributed by atoms with van der Waals surface area (Å²) in [6.07, 6.45) is 0. The third-order valence-corrected chi connectivity index (χ3v) is 2.44. The highest BCUT2D eigenvalue weighted by Crippen LogP contribution is 2.11. The molecular formula is C11H22N2O3. The molecule has 1 fully saturated rings. The van der Waals surface area contributed by atoms with Crippen LogP contribution in [0.1, 0.15) is 20.8 Å². The maximum absolute atomic E-state index is 11.8. The molecule has 1 unspecified atom stereocenters. The molecule has 0 amide bonds. The van der Waals surface area contributed by atoms with Crippen LogP contribution in [0.3, 0.4) is 0 Å². The van der Waals surface area contributed by atoms with Gasteiger partial charge < -0.3 is 15.2 Å². The van der Waals surface area contributed by atoms with E-state index in [0.717, 1.165) is 26.2 Å². The van der Waals surface area contributed by atoms with Crippen LogP contribution >= 0.6 is 0 Å². The van der Waals surface area contributed by atoms with Gasteiger partial charge >= 0.3 is 5.97 Å². The maximum Gasteiger partial charge on any atom is 0.326 e. The van der Waals surface area contributed by atoms with Gasteiger partial charge in [0.2, 0.25) is 0 Å². The van der Waals surface area contributed by atoms with Crippen LogP contribution in [0.4, 0.5) is 0 Å². The fourth-order valence-electron chi connectivity index (χ4n) is 1.70. The second kappa shape index (κ2) is 5.61. The quantitative estimate of drug-likeness (QED) is 0.646. The number of rotatable bonds is 3. The molecule has 1 saturated heterocycles. The summed E-state index contributed by atoms with van der Waals surface area (Å²) in [5.41, 5.74) is -0.501. The average molecular weight is 230 g/mol. The molecule has 5 heteroatoms. The van der Waals surface area contributed by atoms with E-state index in [0.29, 0.717) is 0 Å². The number of carbonyl (C=O) groups is 1. The van der Waals surface area contributed by atoms with E-state index in [1.807, 2.05) is 25.7 Å². The van der Waals surface area contributed by atoms with Crippen LogP contribution in [0.25, 0.3) is 0 Å². The van der Waals surface area contributed by atoms with Gasteiger partial charge in [-0.1, -0.05) is 0 Å². The van der Waals surface area contributed by atoms with Crippen molar-refractivity contribution in [2.45, 2.75) is 32.4 Å². The number of nitrogens with zero attached hydrogens (tertiary/aromatic N) is 1. The van der Waals surface area contributed by atoms with Crippen LogP contribution in [0.2, 0.25) is 0 Å². The van der Waals surface area contributed by atoms with Gasteiger partial charge in [-0.05, 0) is 20.8 Å². The van der Waals surface area contributed by atoms with Crippen LogP contribution in [-0.2, 0) is 9.53 Å². The summed E-state index contributed by atoms with van der Waals surface area (Å²) in [5.74, 6) is -0.336. The molecule has 0 aromatic carbocycles. The minimum atomic E-state index is -0.527. The monoisotopic (exact) mass is 230 g/mol. The van der Waals surface area contributed by atoms with E-state index in [4.69, 9.17) is 4.74 Å². The van der Waals surface area contributed by atoms with E-state index in [9.17, 15) is 9.90 Å². The van der Waals surface area contributed by atoms with Gasteiger partial charge in [0, 0.05) is 26.2 Å². The molecule has 0 saturated carbocycles. The van der Waals surface area contributed by atoms with Gasteiger partial charge in [0.1, 0.15) is 11.6 Å². The molecule has 0 aromatic heterocycles. The molecule has 94 valence electrons. The Balaban J connectivity index is 2.55. The van der Waals surface area contributed by atoms with Gasteiger partial charge in [-0.25, -0.2) is 0 Å². The molecule has 1 aliphatic rings. The van der Waals surface area contributed by atoms with Gasteiger partial charge in [-0.15, -0.1) is 0 Å². The Morgan fingerprint density at radius 2 is 2.00 bits per heavy atom. The van der Waals surface area contributed by atoms with Crippen molar-refractivity contribution in [3.8, 4) is 0 Å². The Morgan fingerprint density at radius 3 is 2.44 bits per heavy atom. The Kier molecular flexibility index (Phi) is 4.70. The van der Waals surface area contributed by atoms with E-state index in [2.05, 4.69) is 5.32 Å². The fraction of sp³-hybridized carbons (Fsp3) is 0.909. The lowest BCUT2D eigenvalue weighted by Gasteiger charge is -2.33. The molecule has 1 atom stereocenters. The molecule has 16 heavy (non-hydrogen) atoms. The highest BCUT2D eigenvalue weighted by atomic mass is 16.6. The van der Waals surface area contributed by atoms with E-state index in [-0.39, 0.29) is 12.6 Å². The molecule has 2 N–H and O–H groups in total. The van der Waals surface area contributed by atoms with Crippen molar-refractivity contribution in [2.75, 3.05) is 32.8 Å². The van der Waals surface area contributed by atoms with Crippen molar-refractivity contribution in [2.24, 2.45) is 0 Å². The number of piperazine rings is 1. The zero-order chi connectivity index (χ0) is 12.2. The standard InChI is InChI=1S/C11H22N2O3/c1-11(2,3)16-10(15)9(8-14)13-6-4-12-5-7-13/h9,12,14H,4-8H2,1-3H3. The first-order valence-electron chi connectivity index (χ1n) is 5.72. The van der Waals surface area contributed by atoms with Gasteiger partial charge in [-0.2, -0.15) is 0 Å². The van der Waals surface area contributed by atoms with Gasteiger partial charge in [0.15, 0.2) is 0 Å². The number of ether oxygens (including phenoxy) is 1. The highest BCUT2D eigenvalue weighted by molar-refractivity contribution is 5.76. The lowest BCUT2D eigenvalue weighted by molar-refractivity contribution is -0.163. The Hall–Kier alpha value is -0.650. The molecule has 0 spiro atoms. The van der Waals surface area contributed by atoms with Gasteiger partial charge in [0.05, 0.1) is 6.61 Å². The molecule has 5 nitrogen and oxygen atoms in total. The molecule has 0 bridgehead atoms. The summed E-state index contributed by atoms with van der Waals surface area (Å²) >= 11 is 0. The summed E-state index contributed by atoms with van der Waals surface area (Å²) in [6.45, 7) is 8.54. The van der Waals surface area contributed by atoms with Crippen molar-refractivity contribution < 1.29 is 14.6 Å². The number of nitrogens with one attached hydrogen (secondary N) is 1. The van der Waals surface area contributed by atoms with Crippen LogP contribution < -0.4 is 5.32 Å². The van der Waals surface area contributed by atoms with E-state index >= 15 is 0 Å². The lowest BCUT2D eigenvalue weighted by Crippen LogP contribution is -2.53. The van der Waals surface area contributed by atoms with Gasteiger partial charge in [-0.3, -0.25) is 9.69 Å². The second-order valence-corrected chi connectivity index (χ2v) is 5.02. The Bertz CT molecular complexity index is 232. The molecule has 0 aliphatic carbocycles. The molecular weight excluding hydrogens is 208 g/mol. The van der Waals surface area contributed by atoms with Crippen LogP contribution in [0.15, 0.2) is 0 Å². The summed E-state index contributed by atoms with van der Waals surface area (Å²) in [6, 6.07) is -0.527. The van der Waals surface area contributed by atoms with Crippen LogP contribution in [0, 0.1) is 0 Å². The van der Waals surface area contributed by atoms with E-state index in [1.54, 1.807) is 0 Å². The fourth-order valence-corrected chi connectivity index (χ4v) is 1.70. The van der Waals surface area contributed by atoms with Crippen molar-refractivity contribution in [3.63, 3.8) is 0 Å². The van der Waals surface area contributed by atoms with Crippen LogP contribution in [0.5, 0.6) is 0 Å². The van der Waals surface area contributed by atoms with Crippen molar-refractivity contribution in [3.05, 3.63) is 0 Å². The summed E-state index contributed by atoms with van der Waals surface area (Å²) in [5, 5.41) is 12.5. The minimum Gasteiger partial charge on any atom is -0.459 e. The van der Waals surface area contributed by atoms with Crippen molar-refractivity contribution in [1.82, 2.24) is 10.2 Å². The third kappa shape index (κ3) is 4.08. The van der Waals surface area contributed by atoms with Crippen molar-refractivity contribution >= 4 is 5.97 Å². The number of hydrogen-bond acceptors (Lipinski definition) is 5. The third-order valence-electron chi connectivity index (χ3n) is 2.44. The zero-order valence-electron chi connectivity index (χ0n) is 10.3. The van der Waals surface area contributed by atoms with E-state index < -0.39 is 11.6 Å². The smallest absolute Gasteiger partial charge is 0.326 e. The number of hydrogen-bond donors (Lipinski definition) is 2. The van der Waals surface area contributed by atoms with Gasteiger partial charge in [0.25, 0.3) is 0 Å². The summed E-state index contributed by atoms with van der Waals surface area (Å²) in [7, 11) is 0. The number of esters is 1. The molecule has 1 heterocycles. The predicted octanol–water partition coefficient (Wildman–Crippen LogP) is -0.406. The Morgan fingerprint density at radius 1 is 1.44 bits per heavy atom. The predicted molar refractivity (Wildman–Crippen MR) is 61.2 cm³/mol. The first-order chi connectivity index (χ1) is 7.44. The normalized spacial score (nSPS) is 20.5. The summed E-state index contributed by atoms with van der Waals surface area (Å²) in [4.78, 5) is 13.8. The van der Waals surface area contributed by atoms with Crippen LogP contribution in [-0.4, -0.2) is 60.4 Å². The number of aliphatic hydroxyl groups is 1. The second-order valence-electron chi connectivity index (χ2n) is 5.02. The first-order valence-corrected chi connectivity index (χ1v) is 5.72. The number of carbonyl (C=O) groups excluding carboxylic acids is 1. The Labute approximate surface area is 96.8 Å². The highest BCUT2D eigenvalue weighted by Gasteiger charge is 2.30. The molecule has 1 rings (SSSR count). The molecule has 0 aromatic rings. The van der Waals surface area contributed by atoms with E-state index in [1.165, 1.54) is 0 Å². The molecule has 0 radical (unpaired) electrons. The lowest BCUT2D eigenvalue weighted by atomic mass is 10.1.